The summed E-state index contributed by atoms with van der Waals surface area (Å²) in [5.41, 5.74) is 1.37. The Morgan fingerprint density at radius 1 is 1.55 bits per heavy atom. The van der Waals surface area contributed by atoms with Gasteiger partial charge in [-0.3, -0.25) is 0 Å². The van der Waals surface area contributed by atoms with E-state index in [1.807, 2.05) is 0 Å². The first-order valence-electron chi connectivity index (χ1n) is 7.33. The van der Waals surface area contributed by atoms with Crippen LogP contribution in [0.1, 0.15) is 40.4 Å². The molecular formula is C14H19N5O2S. The minimum Gasteiger partial charge on any atom is -0.464 e. The predicted molar refractivity (Wildman–Crippen MR) is 83.5 cm³/mol. The largest absolute Gasteiger partial charge is 0.464 e. The number of esters is 1. The lowest BCUT2D eigenvalue weighted by molar-refractivity contribution is 0.0594. The molecule has 118 valence electrons. The molecule has 7 nitrogen and oxygen atoms in total. The van der Waals surface area contributed by atoms with Crippen LogP contribution in [0.15, 0.2) is 6.20 Å². The number of nitrogens with zero attached hydrogens (tertiary/aromatic N) is 5. The van der Waals surface area contributed by atoms with Crippen molar-refractivity contribution in [1.82, 2.24) is 20.0 Å². The molecule has 1 fully saturated rings. The van der Waals surface area contributed by atoms with Crippen molar-refractivity contribution in [1.29, 1.82) is 0 Å². The van der Waals surface area contributed by atoms with Gasteiger partial charge in [0.15, 0.2) is 10.8 Å². The highest BCUT2D eigenvalue weighted by atomic mass is 32.1. The van der Waals surface area contributed by atoms with E-state index in [-0.39, 0.29) is 11.7 Å². The van der Waals surface area contributed by atoms with Crippen LogP contribution >= 0.6 is 11.3 Å². The number of hydrogen-bond acceptors (Lipinski definition) is 7. The van der Waals surface area contributed by atoms with Crippen LogP contribution < -0.4 is 4.90 Å². The highest BCUT2D eigenvalue weighted by molar-refractivity contribution is 7.15. The fourth-order valence-electron chi connectivity index (χ4n) is 2.66. The number of carbonyl (C=O) groups is 1. The standard InChI is InChI=1S/C14H19N5O2S/c1-4-12-9(2)15-14(22-12)18-6-5-10(7-18)19-8-11(16-17-19)13(20)21-3/h8,10H,4-7H2,1-3H3. The van der Waals surface area contributed by atoms with Crippen molar-refractivity contribution < 1.29 is 9.53 Å². The van der Waals surface area contributed by atoms with Gasteiger partial charge in [-0.15, -0.1) is 16.4 Å². The molecule has 0 spiro atoms. The zero-order valence-corrected chi connectivity index (χ0v) is 13.8. The molecule has 1 atom stereocenters. The molecular weight excluding hydrogens is 302 g/mol. The maximum absolute atomic E-state index is 11.4. The fourth-order valence-corrected chi connectivity index (χ4v) is 3.70. The molecule has 2 aromatic heterocycles. The van der Waals surface area contributed by atoms with E-state index >= 15 is 0 Å². The zero-order chi connectivity index (χ0) is 15.7. The first-order valence-corrected chi connectivity index (χ1v) is 8.15. The summed E-state index contributed by atoms with van der Waals surface area (Å²) in [5, 5.41) is 9.00. The number of carbonyl (C=O) groups excluding carboxylic acids is 1. The second kappa shape index (κ2) is 6.04. The number of thiazole rings is 1. The van der Waals surface area contributed by atoms with Gasteiger partial charge < -0.3 is 9.64 Å². The molecule has 1 saturated heterocycles. The van der Waals surface area contributed by atoms with Gasteiger partial charge in [0.2, 0.25) is 0 Å². The number of rotatable bonds is 4. The van der Waals surface area contributed by atoms with Crippen molar-refractivity contribution in [2.75, 3.05) is 25.1 Å². The predicted octanol–water partition coefficient (Wildman–Crippen LogP) is 1.84. The summed E-state index contributed by atoms with van der Waals surface area (Å²) < 4.78 is 6.41. The fraction of sp³-hybridized carbons (Fsp3) is 0.571. The number of aryl methyl sites for hydroxylation is 2. The Balaban J connectivity index is 1.71. The molecule has 0 N–H and O–H groups in total. The molecule has 0 amide bonds. The summed E-state index contributed by atoms with van der Waals surface area (Å²) in [6.07, 6.45) is 3.64. The average Bonchev–Trinajstić information content (AvgIpc) is 3.24. The summed E-state index contributed by atoms with van der Waals surface area (Å²) in [5.74, 6) is -0.454. The van der Waals surface area contributed by atoms with Crippen LogP contribution in [0.2, 0.25) is 0 Å². The summed E-state index contributed by atoms with van der Waals surface area (Å²) in [7, 11) is 1.34. The van der Waals surface area contributed by atoms with Gasteiger partial charge in [-0.2, -0.15) is 0 Å². The van der Waals surface area contributed by atoms with Crippen LogP contribution in [0.25, 0.3) is 0 Å². The Bertz CT molecular complexity index is 681. The number of ether oxygens (including phenoxy) is 1. The number of anilines is 1. The molecule has 8 heteroatoms. The monoisotopic (exact) mass is 321 g/mol. The Labute approximate surface area is 132 Å². The van der Waals surface area contributed by atoms with Crippen molar-refractivity contribution in [2.45, 2.75) is 32.7 Å². The number of methoxy groups -OCH3 is 1. The van der Waals surface area contributed by atoms with Crippen LogP contribution in [0.5, 0.6) is 0 Å². The van der Waals surface area contributed by atoms with Crippen molar-refractivity contribution in [3.63, 3.8) is 0 Å². The smallest absolute Gasteiger partial charge is 0.360 e. The lowest BCUT2D eigenvalue weighted by atomic mass is 10.3. The van der Waals surface area contributed by atoms with Crippen LogP contribution in [-0.2, 0) is 11.2 Å². The normalized spacial score (nSPS) is 18.0. The Morgan fingerprint density at radius 3 is 3.05 bits per heavy atom. The highest BCUT2D eigenvalue weighted by Gasteiger charge is 2.28. The molecule has 0 radical (unpaired) electrons. The molecule has 1 unspecified atom stereocenters. The first kappa shape index (κ1) is 15.0. The third-order valence-electron chi connectivity index (χ3n) is 3.92. The molecule has 2 aromatic rings. The lowest BCUT2D eigenvalue weighted by Gasteiger charge is -2.14. The number of aromatic nitrogens is 4. The van der Waals surface area contributed by atoms with E-state index in [4.69, 9.17) is 0 Å². The molecule has 0 aliphatic carbocycles. The summed E-state index contributed by atoms with van der Waals surface area (Å²) in [4.78, 5) is 19.7. The highest BCUT2D eigenvalue weighted by Crippen LogP contribution is 2.31. The molecule has 1 aliphatic rings. The quantitative estimate of drug-likeness (QED) is 0.800. The van der Waals surface area contributed by atoms with Gasteiger partial charge in [-0.25, -0.2) is 14.5 Å². The first-order chi connectivity index (χ1) is 10.6. The molecule has 22 heavy (non-hydrogen) atoms. The Kier molecular flexibility index (Phi) is 4.10. The van der Waals surface area contributed by atoms with Crippen LogP contribution in [-0.4, -0.2) is 46.1 Å². The zero-order valence-electron chi connectivity index (χ0n) is 12.9. The van der Waals surface area contributed by atoms with E-state index in [1.54, 1.807) is 22.2 Å². The van der Waals surface area contributed by atoms with Crippen LogP contribution in [0, 0.1) is 6.92 Å². The van der Waals surface area contributed by atoms with E-state index in [2.05, 4.69) is 38.8 Å². The lowest BCUT2D eigenvalue weighted by Crippen LogP contribution is -2.21. The third-order valence-corrected chi connectivity index (χ3v) is 5.28. The molecule has 1 aliphatic heterocycles. The Morgan fingerprint density at radius 2 is 2.36 bits per heavy atom. The van der Waals surface area contributed by atoms with Gasteiger partial charge in [0.1, 0.15) is 0 Å². The van der Waals surface area contributed by atoms with Gasteiger partial charge in [0, 0.05) is 18.0 Å². The second-order valence-corrected chi connectivity index (χ2v) is 6.38. The SMILES string of the molecule is CCc1sc(N2CCC(n3cc(C(=O)OC)nn3)C2)nc1C. The molecule has 0 saturated carbocycles. The van der Waals surface area contributed by atoms with E-state index in [9.17, 15) is 4.79 Å². The van der Waals surface area contributed by atoms with Crippen LogP contribution in [0.3, 0.4) is 0 Å². The number of hydrogen-bond donors (Lipinski definition) is 0. The van der Waals surface area contributed by atoms with Gasteiger partial charge >= 0.3 is 5.97 Å². The van der Waals surface area contributed by atoms with E-state index < -0.39 is 5.97 Å². The minimum absolute atomic E-state index is 0.209. The van der Waals surface area contributed by atoms with Crippen LogP contribution in [0.4, 0.5) is 5.13 Å². The summed E-state index contributed by atoms with van der Waals surface area (Å²) >= 11 is 1.76. The topological polar surface area (TPSA) is 73.1 Å². The van der Waals surface area contributed by atoms with Crippen molar-refractivity contribution in [3.8, 4) is 0 Å². The second-order valence-electron chi connectivity index (χ2n) is 5.32. The van der Waals surface area contributed by atoms with Gasteiger partial charge in [-0.1, -0.05) is 12.1 Å². The third kappa shape index (κ3) is 2.70. The molecule has 0 aromatic carbocycles. The van der Waals surface area contributed by atoms with E-state index in [0.29, 0.717) is 0 Å². The van der Waals surface area contributed by atoms with Gasteiger partial charge in [0.05, 0.1) is 25.0 Å². The maximum Gasteiger partial charge on any atom is 0.360 e. The van der Waals surface area contributed by atoms with E-state index in [0.717, 1.165) is 36.8 Å². The van der Waals surface area contributed by atoms with Crippen molar-refractivity contribution in [3.05, 3.63) is 22.5 Å². The van der Waals surface area contributed by atoms with Crippen molar-refractivity contribution >= 4 is 22.4 Å². The Hall–Kier alpha value is -1.96. The van der Waals surface area contributed by atoms with Gasteiger partial charge in [0.25, 0.3) is 0 Å². The molecule has 3 heterocycles. The summed E-state index contributed by atoms with van der Waals surface area (Å²) in [6.45, 7) is 5.99. The summed E-state index contributed by atoms with van der Waals surface area (Å²) in [6, 6.07) is 0.209. The molecule has 3 rings (SSSR count). The van der Waals surface area contributed by atoms with Gasteiger partial charge in [-0.05, 0) is 19.8 Å². The van der Waals surface area contributed by atoms with Crippen molar-refractivity contribution in [2.24, 2.45) is 0 Å². The minimum atomic E-state index is -0.454. The van der Waals surface area contributed by atoms with E-state index in [1.165, 1.54) is 12.0 Å². The molecule has 0 bridgehead atoms. The average molecular weight is 321 g/mol. The maximum atomic E-state index is 11.4.